The molecule has 11 nitrogen and oxygen atoms in total. The Labute approximate surface area is 190 Å². The van der Waals surface area contributed by atoms with E-state index >= 15 is 0 Å². The van der Waals surface area contributed by atoms with Crippen LogP contribution < -0.4 is 0 Å². The Hall–Kier alpha value is -2.41. The topological polar surface area (TPSA) is 136 Å². The van der Waals surface area contributed by atoms with Crippen molar-refractivity contribution in [2.24, 2.45) is 0 Å². The number of carbonyl (C=O) groups is 1. The number of carbonyl (C=O) groups excluding carboxylic acids is 1. The molecule has 0 bridgehead atoms. The molecule has 0 aromatic heterocycles. The van der Waals surface area contributed by atoms with Crippen LogP contribution in [0, 0.1) is 10.1 Å². The molecule has 3 aliphatic rings. The van der Waals surface area contributed by atoms with Gasteiger partial charge in [-0.3, -0.25) is 10.1 Å². The summed E-state index contributed by atoms with van der Waals surface area (Å²) in [5, 5.41) is 21.4. The Kier molecular flexibility index (Phi) is 6.06. The molecular weight excluding hydrogens is 438 g/mol. The molecule has 11 heteroatoms. The number of hydrogen-bond donors (Lipinski definition) is 1. The Morgan fingerprint density at radius 2 is 1.82 bits per heavy atom. The van der Waals surface area contributed by atoms with Crippen LogP contribution in [0.5, 0.6) is 0 Å². The van der Waals surface area contributed by atoms with Gasteiger partial charge in [0.15, 0.2) is 30.1 Å². The highest BCUT2D eigenvalue weighted by atomic mass is 16.8. The van der Waals surface area contributed by atoms with Gasteiger partial charge in [-0.2, -0.15) is 0 Å². The lowest BCUT2D eigenvalue weighted by Gasteiger charge is -2.29. The second kappa shape index (κ2) is 8.42. The van der Waals surface area contributed by atoms with Crippen molar-refractivity contribution in [2.45, 2.75) is 76.1 Å². The molecular formula is C22H27NO10. The van der Waals surface area contributed by atoms with Crippen molar-refractivity contribution in [1.29, 1.82) is 0 Å². The van der Waals surface area contributed by atoms with Gasteiger partial charge in [0.25, 0.3) is 5.69 Å². The largest absolute Gasteiger partial charge is 0.453 e. The van der Waals surface area contributed by atoms with Gasteiger partial charge >= 0.3 is 5.97 Å². The van der Waals surface area contributed by atoms with Crippen molar-refractivity contribution in [3.8, 4) is 0 Å². The monoisotopic (exact) mass is 465 g/mol. The van der Waals surface area contributed by atoms with Gasteiger partial charge in [0, 0.05) is 12.1 Å². The molecule has 3 aliphatic heterocycles. The number of fused-ring (bicyclic) bond motifs is 1. The molecule has 0 radical (unpaired) electrons. The number of benzene rings is 1. The Bertz CT molecular complexity index is 943. The maximum atomic E-state index is 12.9. The number of nitro benzene ring substituents is 1. The summed E-state index contributed by atoms with van der Waals surface area (Å²) in [4.78, 5) is 23.2. The van der Waals surface area contributed by atoms with E-state index in [0.29, 0.717) is 0 Å². The first kappa shape index (κ1) is 23.7. The average Bonchev–Trinajstić information content (AvgIpc) is 3.36. The van der Waals surface area contributed by atoms with E-state index in [1.807, 2.05) is 0 Å². The highest BCUT2D eigenvalue weighted by Gasteiger charge is 2.60. The van der Waals surface area contributed by atoms with Crippen molar-refractivity contribution < 1.29 is 43.2 Å². The minimum Gasteiger partial charge on any atom is -0.453 e. The quantitative estimate of drug-likeness (QED) is 0.288. The normalized spacial score (nSPS) is 32.8. The highest BCUT2D eigenvalue weighted by Crippen LogP contribution is 2.42. The van der Waals surface area contributed by atoms with Gasteiger partial charge in [0.2, 0.25) is 0 Å². The number of aliphatic hydroxyl groups is 1. The van der Waals surface area contributed by atoms with E-state index in [9.17, 15) is 20.0 Å². The minimum atomic E-state index is -1.42. The molecule has 6 atom stereocenters. The lowest BCUT2D eigenvalue weighted by molar-refractivity contribution is -0.384. The predicted molar refractivity (Wildman–Crippen MR) is 111 cm³/mol. The van der Waals surface area contributed by atoms with Gasteiger partial charge in [-0.15, -0.1) is 0 Å². The summed E-state index contributed by atoms with van der Waals surface area (Å²) in [6.07, 6.45) is -5.09. The standard InChI is InChI=1S/C22H27NO10/c1-11(15(24)12-6-8-13(9-7-12)23(26)27)19(25)29-17-16(14-10-28-21(2,3)31-14)30-20-18(17)32-22(4,5)33-20/h6-9,14-18,20,24H,1,10H2,2-5H3/t14-,15+,16-,17+,18-,20-/m1/s1. The fraction of sp³-hybridized carbons (Fsp3) is 0.591. The fourth-order valence-corrected chi connectivity index (χ4v) is 4.11. The molecule has 3 heterocycles. The third-order valence-electron chi connectivity index (χ3n) is 5.68. The SMILES string of the molecule is C=C(C(=O)O[C@@H]1[C@H]2OC(C)(C)O[C@H]2O[C@@H]1[C@H]1COC(C)(C)O1)[C@H](O)c1ccc([N+](=O)[O-])cc1. The molecule has 4 rings (SSSR count). The number of rotatable bonds is 6. The first-order valence-electron chi connectivity index (χ1n) is 10.5. The molecule has 33 heavy (non-hydrogen) atoms. The van der Waals surface area contributed by atoms with Crippen molar-refractivity contribution in [3.05, 3.63) is 52.1 Å². The lowest BCUT2D eigenvalue weighted by Crippen LogP contribution is -2.45. The van der Waals surface area contributed by atoms with Gasteiger partial charge in [0.05, 0.1) is 17.1 Å². The number of ether oxygens (including phenoxy) is 6. The second-order valence-electron chi connectivity index (χ2n) is 9.08. The summed E-state index contributed by atoms with van der Waals surface area (Å²) in [5.74, 6) is -2.63. The molecule has 1 aromatic rings. The lowest BCUT2D eigenvalue weighted by atomic mass is 10.0. The van der Waals surface area contributed by atoms with Crippen molar-refractivity contribution in [2.75, 3.05) is 6.61 Å². The van der Waals surface area contributed by atoms with E-state index in [2.05, 4.69) is 6.58 Å². The van der Waals surface area contributed by atoms with E-state index in [1.165, 1.54) is 24.3 Å². The zero-order valence-electron chi connectivity index (χ0n) is 18.8. The zero-order valence-corrected chi connectivity index (χ0v) is 18.8. The van der Waals surface area contributed by atoms with Crippen molar-refractivity contribution in [3.63, 3.8) is 0 Å². The number of nitro groups is 1. The summed E-state index contributed by atoms with van der Waals surface area (Å²) in [5.41, 5.74) is -0.123. The van der Waals surface area contributed by atoms with E-state index in [1.54, 1.807) is 27.7 Å². The van der Waals surface area contributed by atoms with E-state index in [-0.39, 0.29) is 23.4 Å². The van der Waals surface area contributed by atoms with E-state index in [4.69, 9.17) is 28.4 Å². The number of aliphatic hydroxyl groups excluding tert-OH is 1. The highest BCUT2D eigenvalue weighted by molar-refractivity contribution is 5.89. The third-order valence-corrected chi connectivity index (χ3v) is 5.68. The maximum Gasteiger partial charge on any atom is 0.336 e. The Morgan fingerprint density at radius 1 is 1.15 bits per heavy atom. The molecule has 3 saturated heterocycles. The summed E-state index contributed by atoms with van der Waals surface area (Å²) < 4.78 is 34.9. The van der Waals surface area contributed by atoms with Crippen LogP contribution in [0.3, 0.4) is 0 Å². The molecule has 3 fully saturated rings. The maximum absolute atomic E-state index is 12.9. The molecule has 0 amide bonds. The van der Waals surface area contributed by atoms with Gasteiger partial charge in [-0.1, -0.05) is 6.58 Å². The van der Waals surface area contributed by atoms with Gasteiger partial charge in [0.1, 0.15) is 18.3 Å². The van der Waals surface area contributed by atoms with Crippen LogP contribution in [0.25, 0.3) is 0 Å². The van der Waals surface area contributed by atoms with Gasteiger partial charge < -0.3 is 33.5 Å². The van der Waals surface area contributed by atoms with Crippen molar-refractivity contribution in [1.82, 2.24) is 0 Å². The fourth-order valence-electron chi connectivity index (χ4n) is 4.11. The van der Waals surface area contributed by atoms with Crippen LogP contribution in [0.15, 0.2) is 36.4 Å². The summed E-state index contributed by atoms with van der Waals surface area (Å²) in [6, 6.07) is 5.16. The summed E-state index contributed by atoms with van der Waals surface area (Å²) >= 11 is 0. The molecule has 0 unspecified atom stereocenters. The van der Waals surface area contributed by atoms with Gasteiger partial charge in [-0.05, 0) is 45.4 Å². The average molecular weight is 465 g/mol. The Morgan fingerprint density at radius 3 is 2.39 bits per heavy atom. The van der Waals surface area contributed by atoms with Crippen LogP contribution >= 0.6 is 0 Å². The molecule has 1 N–H and O–H groups in total. The van der Waals surface area contributed by atoms with Crippen LogP contribution in [0.4, 0.5) is 5.69 Å². The first-order valence-corrected chi connectivity index (χ1v) is 10.5. The first-order chi connectivity index (χ1) is 15.4. The number of hydrogen-bond acceptors (Lipinski definition) is 10. The molecule has 0 saturated carbocycles. The zero-order chi connectivity index (χ0) is 24.1. The van der Waals surface area contributed by atoms with Crippen LogP contribution in [0.2, 0.25) is 0 Å². The van der Waals surface area contributed by atoms with Crippen LogP contribution in [-0.2, 0) is 33.2 Å². The Balaban J connectivity index is 1.49. The summed E-state index contributed by atoms with van der Waals surface area (Å²) in [6.45, 7) is 10.9. The number of non-ortho nitro benzene ring substituents is 1. The predicted octanol–water partition coefficient (Wildman–Crippen LogP) is 2.12. The number of nitrogens with zero attached hydrogens (tertiary/aromatic N) is 1. The van der Waals surface area contributed by atoms with Crippen molar-refractivity contribution >= 4 is 11.7 Å². The number of esters is 1. The third kappa shape index (κ3) is 4.79. The summed E-state index contributed by atoms with van der Waals surface area (Å²) in [7, 11) is 0. The van der Waals surface area contributed by atoms with Gasteiger partial charge in [-0.25, -0.2) is 4.79 Å². The molecule has 0 aliphatic carbocycles. The second-order valence-corrected chi connectivity index (χ2v) is 9.08. The van der Waals surface area contributed by atoms with Crippen LogP contribution in [-0.4, -0.2) is 64.9 Å². The van der Waals surface area contributed by atoms with E-state index < -0.39 is 59.3 Å². The smallest absolute Gasteiger partial charge is 0.336 e. The van der Waals surface area contributed by atoms with Crippen LogP contribution in [0.1, 0.15) is 39.4 Å². The molecule has 1 aromatic carbocycles. The molecule has 0 spiro atoms. The van der Waals surface area contributed by atoms with E-state index in [0.717, 1.165) is 0 Å². The molecule has 180 valence electrons. The minimum absolute atomic E-state index is 0.140.